The summed E-state index contributed by atoms with van der Waals surface area (Å²) in [7, 11) is 0. The van der Waals surface area contributed by atoms with Crippen LogP contribution in [0.1, 0.15) is 5.56 Å². The topological polar surface area (TPSA) is 6.48 Å². The molecule has 0 aliphatic carbocycles. The van der Waals surface area contributed by atoms with Crippen LogP contribution in [-0.2, 0) is 0 Å². The normalized spacial score (nSPS) is 13.0. The van der Waals surface area contributed by atoms with E-state index < -0.39 is 0 Å². The van der Waals surface area contributed by atoms with E-state index in [1.807, 2.05) is 23.5 Å². The lowest BCUT2D eigenvalue weighted by atomic mass is 9.84. The Hall–Kier alpha value is -6.72. The Kier molecular flexibility index (Phi) is 7.97. The predicted molar refractivity (Wildman–Crippen MR) is 252 cm³/mol. The summed E-state index contributed by atoms with van der Waals surface area (Å²) in [5.74, 6) is 0. The van der Waals surface area contributed by atoms with E-state index in [0.717, 1.165) is 11.4 Å². The van der Waals surface area contributed by atoms with Crippen LogP contribution in [0.2, 0.25) is 0 Å². The summed E-state index contributed by atoms with van der Waals surface area (Å²) in [5, 5.41) is 7.40. The van der Waals surface area contributed by atoms with Crippen LogP contribution in [0.15, 0.2) is 220 Å². The third-order valence-electron chi connectivity index (χ3n) is 11.9. The van der Waals surface area contributed by atoms with Crippen molar-refractivity contribution in [2.75, 3.05) is 9.80 Å². The van der Waals surface area contributed by atoms with Gasteiger partial charge in [0.25, 0.3) is 0 Å². The molecule has 12 rings (SSSR count). The molecule has 278 valence electrons. The molecule has 0 unspecified atom stereocenters. The van der Waals surface area contributed by atoms with Gasteiger partial charge in [-0.15, -0.1) is 0 Å². The van der Waals surface area contributed by atoms with E-state index in [9.17, 15) is 0 Å². The predicted octanol–water partition coefficient (Wildman–Crippen LogP) is 16.7. The highest BCUT2D eigenvalue weighted by Gasteiger charge is 2.28. The molecule has 2 aliphatic rings. The number of anilines is 6. The van der Waals surface area contributed by atoms with Gasteiger partial charge < -0.3 is 9.80 Å². The molecule has 0 bridgehead atoms. The molecule has 2 heterocycles. The van der Waals surface area contributed by atoms with Gasteiger partial charge in [-0.05, 0) is 134 Å². The third kappa shape index (κ3) is 5.51. The van der Waals surface area contributed by atoms with E-state index in [-0.39, 0.29) is 0 Å². The Labute approximate surface area is 352 Å². The highest BCUT2D eigenvalue weighted by molar-refractivity contribution is 8.00. The number of hydrogen-bond acceptors (Lipinski definition) is 4. The van der Waals surface area contributed by atoms with Gasteiger partial charge in [0, 0.05) is 31.0 Å². The van der Waals surface area contributed by atoms with Crippen molar-refractivity contribution in [2.45, 2.75) is 26.5 Å². The fourth-order valence-electron chi connectivity index (χ4n) is 9.21. The fourth-order valence-corrected chi connectivity index (χ4v) is 11.3. The smallest absolute Gasteiger partial charge is 0.0601 e. The van der Waals surface area contributed by atoms with Crippen LogP contribution in [-0.4, -0.2) is 0 Å². The molecule has 0 spiro atoms. The van der Waals surface area contributed by atoms with Gasteiger partial charge in [-0.1, -0.05) is 156 Å². The first-order chi connectivity index (χ1) is 29.2. The summed E-state index contributed by atoms with van der Waals surface area (Å²) in [4.78, 5) is 9.93. The van der Waals surface area contributed by atoms with Gasteiger partial charge in [-0.3, -0.25) is 0 Å². The van der Waals surface area contributed by atoms with Crippen LogP contribution in [0.3, 0.4) is 0 Å². The summed E-state index contributed by atoms with van der Waals surface area (Å²) in [6.45, 7) is 2.17. The van der Waals surface area contributed by atoms with Crippen molar-refractivity contribution in [3.63, 3.8) is 0 Å². The maximum Gasteiger partial charge on any atom is 0.0601 e. The van der Waals surface area contributed by atoms with E-state index in [1.165, 1.54) is 102 Å². The highest BCUT2D eigenvalue weighted by atomic mass is 32.2. The zero-order valence-corrected chi connectivity index (χ0v) is 33.9. The summed E-state index contributed by atoms with van der Waals surface area (Å²) in [5.41, 5.74) is 13.3. The Morgan fingerprint density at radius 2 is 0.780 bits per heavy atom. The van der Waals surface area contributed by atoms with Gasteiger partial charge in [-0.2, -0.15) is 0 Å². The summed E-state index contributed by atoms with van der Waals surface area (Å²) in [6.07, 6.45) is 0. The minimum atomic E-state index is 1.14. The van der Waals surface area contributed by atoms with Crippen molar-refractivity contribution in [3.05, 3.63) is 206 Å². The van der Waals surface area contributed by atoms with Crippen molar-refractivity contribution in [1.29, 1.82) is 0 Å². The van der Waals surface area contributed by atoms with Crippen molar-refractivity contribution in [3.8, 4) is 22.3 Å². The van der Waals surface area contributed by atoms with Gasteiger partial charge in [-0.25, -0.2) is 0 Å². The minimum absolute atomic E-state index is 1.14. The third-order valence-corrected chi connectivity index (χ3v) is 14.1. The van der Waals surface area contributed by atoms with Crippen LogP contribution in [0.5, 0.6) is 0 Å². The number of para-hydroxylation sites is 4. The average molecular weight is 789 g/mol. The molecule has 4 heteroatoms. The molecule has 0 atom stereocenters. The Morgan fingerprint density at radius 1 is 0.339 bits per heavy atom. The molecule has 0 N–H and O–H groups in total. The molecular formula is C55H36N2S2. The molecule has 0 saturated heterocycles. The van der Waals surface area contributed by atoms with Gasteiger partial charge in [0.15, 0.2) is 0 Å². The van der Waals surface area contributed by atoms with Crippen molar-refractivity contribution in [2.24, 2.45) is 0 Å². The lowest BCUT2D eigenvalue weighted by Gasteiger charge is -2.34. The molecule has 10 aromatic rings. The van der Waals surface area contributed by atoms with Crippen LogP contribution in [0.25, 0.3) is 54.6 Å². The Balaban J connectivity index is 1.20. The molecule has 0 fully saturated rings. The Bertz CT molecular complexity index is 3220. The van der Waals surface area contributed by atoms with E-state index in [0.29, 0.717) is 0 Å². The van der Waals surface area contributed by atoms with E-state index in [1.54, 1.807) is 0 Å². The van der Waals surface area contributed by atoms with E-state index >= 15 is 0 Å². The summed E-state index contributed by atoms with van der Waals surface area (Å²) < 4.78 is 0. The van der Waals surface area contributed by atoms with E-state index in [4.69, 9.17) is 0 Å². The summed E-state index contributed by atoms with van der Waals surface area (Å²) >= 11 is 3.69. The van der Waals surface area contributed by atoms with Crippen LogP contribution in [0.4, 0.5) is 34.1 Å². The minimum Gasteiger partial charge on any atom is -0.308 e. The van der Waals surface area contributed by atoms with Gasteiger partial charge in [0.05, 0.1) is 22.7 Å². The number of benzene rings is 10. The number of fused-ring (bicyclic) bond motifs is 7. The molecular weight excluding hydrogens is 753 g/mol. The van der Waals surface area contributed by atoms with Gasteiger partial charge >= 0.3 is 0 Å². The first kappa shape index (κ1) is 34.3. The molecule has 2 nitrogen and oxygen atoms in total. The van der Waals surface area contributed by atoms with Gasteiger partial charge in [0.1, 0.15) is 0 Å². The number of aryl methyl sites for hydroxylation is 1. The zero-order valence-electron chi connectivity index (χ0n) is 32.3. The molecule has 10 aromatic carbocycles. The summed E-state index contributed by atoms with van der Waals surface area (Å²) in [6, 6.07) is 74.2. The quantitative estimate of drug-likeness (QED) is 0.164. The first-order valence-electron chi connectivity index (χ1n) is 20.1. The molecule has 0 aromatic heterocycles. The van der Waals surface area contributed by atoms with Crippen molar-refractivity contribution >= 4 is 90.0 Å². The average Bonchev–Trinajstić information content (AvgIpc) is 3.29. The molecule has 2 aliphatic heterocycles. The largest absolute Gasteiger partial charge is 0.308 e. The first-order valence-corrected chi connectivity index (χ1v) is 21.7. The molecule has 0 radical (unpaired) electrons. The number of hydrogen-bond donors (Lipinski definition) is 0. The van der Waals surface area contributed by atoms with E-state index in [2.05, 4.69) is 217 Å². The molecule has 0 amide bonds. The Morgan fingerprint density at radius 3 is 1.32 bits per heavy atom. The second-order valence-corrected chi connectivity index (χ2v) is 17.5. The standard InChI is InChI=1S/C55H36N2S2/c1-35-25-27-37(28-26-35)54-42-31-29-39(57-48-19-6-10-23-52(48)59-53-24-11-7-20-49(53)57)34-45(42)55(41-16-12-14-36-13-2-3-15-40(36)41)43-32-30-38(33-44(43)54)56-46-17-4-8-21-50(46)58-51-22-9-5-18-47(51)56/h2-34H,1H3. The molecule has 0 saturated carbocycles. The lowest BCUT2D eigenvalue weighted by Crippen LogP contribution is -2.15. The van der Waals surface area contributed by atoms with Gasteiger partial charge in [0.2, 0.25) is 0 Å². The molecule has 59 heavy (non-hydrogen) atoms. The second kappa shape index (κ2) is 13.7. The zero-order chi connectivity index (χ0) is 39.0. The number of rotatable bonds is 4. The number of nitrogens with zero attached hydrogens (tertiary/aromatic N) is 2. The SMILES string of the molecule is Cc1ccc(-c2c3cc(N4c5ccccc5Sc5ccccc54)ccc3c(-c3cccc4ccccc34)c3cc(N4c5ccccc5Sc5ccccc54)ccc23)cc1. The maximum absolute atomic E-state index is 2.45. The van der Waals surface area contributed by atoms with Crippen LogP contribution < -0.4 is 9.80 Å². The highest BCUT2D eigenvalue weighted by Crippen LogP contribution is 2.55. The van der Waals surface area contributed by atoms with Crippen LogP contribution >= 0.6 is 23.5 Å². The van der Waals surface area contributed by atoms with Crippen molar-refractivity contribution < 1.29 is 0 Å². The monoisotopic (exact) mass is 788 g/mol. The second-order valence-electron chi connectivity index (χ2n) is 15.3. The maximum atomic E-state index is 2.45. The van der Waals surface area contributed by atoms with Crippen molar-refractivity contribution in [1.82, 2.24) is 0 Å². The van der Waals surface area contributed by atoms with Crippen LogP contribution in [0, 0.1) is 6.92 Å². The fraction of sp³-hybridized carbons (Fsp3) is 0.0182. The lowest BCUT2D eigenvalue weighted by molar-refractivity contribution is 1.17.